The normalized spacial score (nSPS) is 12.0. The first-order valence-corrected chi connectivity index (χ1v) is 8.49. The van der Waals surface area contributed by atoms with Crippen LogP contribution >= 0.6 is 0 Å². The molecule has 3 aromatic rings. The molecule has 0 unspecified atom stereocenters. The Bertz CT molecular complexity index is 902. The fourth-order valence-corrected chi connectivity index (χ4v) is 3.14. The van der Waals surface area contributed by atoms with Crippen LogP contribution in [0.15, 0.2) is 54.6 Å². The Labute approximate surface area is 148 Å². The van der Waals surface area contributed by atoms with E-state index in [-0.39, 0.29) is 5.91 Å². The minimum absolute atomic E-state index is 0.150. The SMILES string of the molecule is Cc1cc(C)c(NC(=O)[C@@H](C)Oc2cccc3ccccc23)c(C)c1. The van der Waals surface area contributed by atoms with Crippen molar-refractivity contribution in [1.29, 1.82) is 0 Å². The zero-order valence-electron chi connectivity index (χ0n) is 15.1. The van der Waals surface area contributed by atoms with Gasteiger partial charge in [-0.1, -0.05) is 54.1 Å². The monoisotopic (exact) mass is 333 g/mol. The predicted octanol–water partition coefficient (Wildman–Crippen LogP) is 5.17. The molecule has 0 spiro atoms. The molecule has 1 amide bonds. The van der Waals surface area contributed by atoms with Crippen molar-refractivity contribution in [2.45, 2.75) is 33.8 Å². The largest absolute Gasteiger partial charge is 0.480 e. The molecule has 0 bridgehead atoms. The van der Waals surface area contributed by atoms with Gasteiger partial charge in [-0.2, -0.15) is 0 Å². The molecule has 3 rings (SSSR count). The number of rotatable bonds is 4. The third kappa shape index (κ3) is 3.66. The maximum absolute atomic E-state index is 12.6. The number of ether oxygens (including phenoxy) is 1. The van der Waals surface area contributed by atoms with Gasteiger partial charge in [-0.25, -0.2) is 0 Å². The molecule has 0 heterocycles. The van der Waals surface area contributed by atoms with Gasteiger partial charge in [0.2, 0.25) is 0 Å². The molecule has 3 nitrogen and oxygen atoms in total. The molecule has 0 aliphatic heterocycles. The van der Waals surface area contributed by atoms with Crippen LogP contribution in [0.4, 0.5) is 5.69 Å². The van der Waals surface area contributed by atoms with Crippen molar-refractivity contribution in [1.82, 2.24) is 0 Å². The molecule has 0 saturated carbocycles. The van der Waals surface area contributed by atoms with E-state index < -0.39 is 6.10 Å². The van der Waals surface area contributed by atoms with Crippen molar-refractivity contribution < 1.29 is 9.53 Å². The highest BCUT2D eigenvalue weighted by Gasteiger charge is 2.17. The summed E-state index contributed by atoms with van der Waals surface area (Å²) in [6.07, 6.45) is -0.592. The van der Waals surface area contributed by atoms with E-state index in [9.17, 15) is 4.79 Å². The van der Waals surface area contributed by atoms with Gasteiger partial charge < -0.3 is 10.1 Å². The predicted molar refractivity (Wildman–Crippen MR) is 103 cm³/mol. The number of amides is 1. The first-order chi connectivity index (χ1) is 12.0. The summed E-state index contributed by atoms with van der Waals surface area (Å²) in [6.45, 7) is 7.84. The quantitative estimate of drug-likeness (QED) is 0.715. The van der Waals surface area contributed by atoms with E-state index in [1.807, 2.05) is 56.3 Å². The van der Waals surface area contributed by atoms with E-state index in [2.05, 4.69) is 24.4 Å². The molecular formula is C22H23NO2. The van der Waals surface area contributed by atoms with Gasteiger partial charge in [0, 0.05) is 11.1 Å². The second-order valence-corrected chi connectivity index (χ2v) is 6.50. The Balaban J connectivity index is 1.79. The van der Waals surface area contributed by atoms with Gasteiger partial charge in [0.25, 0.3) is 5.91 Å². The molecule has 0 aliphatic rings. The fourth-order valence-electron chi connectivity index (χ4n) is 3.14. The molecule has 0 radical (unpaired) electrons. The van der Waals surface area contributed by atoms with Gasteiger partial charge >= 0.3 is 0 Å². The van der Waals surface area contributed by atoms with Crippen LogP contribution in [0.1, 0.15) is 23.6 Å². The van der Waals surface area contributed by atoms with Crippen LogP contribution in [0.3, 0.4) is 0 Å². The Hall–Kier alpha value is -2.81. The summed E-state index contributed by atoms with van der Waals surface area (Å²) in [5.74, 6) is 0.570. The lowest BCUT2D eigenvalue weighted by Gasteiger charge is -2.18. The third-order valence-electron chi connectivity index (χ3n) is 4.35. The average Bonchev–Trinajstić information content (AvgIpc) is 2.58. The average molecular weight is 333 g/mol. The molecular weight excluding hydrogens is 310 g/mol. The van der Waals surface area contributed by atoms with Crippen molar-refractivity contribution >= 4 is 22.4 Å². The van der Waals surface area contributed by atoms with Crippen molar-refractivity contribution in [2.24, 2.45) is 0 Å². The Morgan fingerprint density at radius 3 is 2.32 bits per heavy atom. The van der Waals surface area contributed by atoms with E-state index >= 15 is 0 Å². The van der Waals surface area contributed by atoms with E-state index in [1.54, 1.807) is 6.92 Å². The number of benzene rings is 3. The summed E-state index contributed by atoms with van der Waals surface area (Å²) in [4.78, 5) is 12.6. The zero-order chi connectivity index (χ0) is 18.0. The second-order valence-electron chi connectivity index (χ2n) is 6.50. The molecule has 0 aliphatic carbocycles. The topological polar surface area (TPSA) is 38.3 Å². The lowest BCUT2D eigenvalue weighted by molar-refractivity contribution is -0.122. The van der Waals surface area contributed by atoms with Gasteiger partial charge in [0.05, 0.1) is 0 Å². The van der Waals surface area contributed by atoms with Crippen molar-refractivity contribution in [2.75, 3.05) is 5.32 Å². The number of carbonyl (C=O) groups excluding carboxylic acids is 1. The molecule has 1 N–H and O–H groups in total. The van der Waals surface area contributed by atoms with Crippen LogP contribution in [0.5, 0.6) is 5.75 Å². The fraction of sp³-hybridized carbons (Fsp3) is 0.227. The van der Waals surface area contributed by atoms with E-state index in [0.717, 1.165) is 33.3 Å². The minimum atomic E-state index is -0.592. The highest BCUT2D eigenvalue weighted by atomic mass is 16.5. The summed E-state index contributed by atoms with van der Waals surface area (Å²) in [5, 5.41) is 5.11. The lowest BCUT2D eigenvalue weighted by atomic mass is 10.0. The van der Waals surface area contributed by atoms with Crippen LogP contribution in [-0.2, 0) is 4.79 Å². The minimum Gasteiger partial charge on any atom is -0.480 e. The highest BCUT2D eigenvalue weighted by Crippen LogP contribution is 2.27. The first-order valence-electron chi connectivity index (χ1n) is 8.49. The molecule has 0 aromatic heterocycles. The van der Waals surface area contributed by atoms with Gasteiger partial charge in [-0.15, -0.1) is 0 Å². The molecule has 0 fully saturated rings. The van der Waals surface area contributed by atoms with E-state index in [0.29, 0.717) is 0 Å². The second kappa shape index (κ2) is 6.98. The molecule has 0 saturated heterocycles. The molecule has 1 atom stereocenters. The van der Waals surface area contributed by atoms with Crippen LogP contribution in [0.25, 0.3) is 10.8 Å². The van der Waals surface area contributed by atoms with Gasteiger partial charge in [0.1, 0.15) is 5.75 Å². The van der Waals surface area contributed by atoms with Crippen molar-refractivity contribution in [3.63, 3.8) is 0 Å². The zero-order valence-corrected chi connectivity index (χ0v) is 15.1. The van der Waals surface area contributed by atoms with Crippen molar-refractivity contribution in [3.05, 3.63) is 71.3 Å². The summed E-state index contributed by atoms with van der Waals surface area (Å²) >= 11 is 0. The van der Waals surface area contributed by atoms with Crippen LogP contribution in [0, 0.1) is 20.8 Å². The van der Waals surface area contributed by atoms with E-state index in [4.69, 9.17) is 4.74 Å². The summed E-state index contributed by atoms with van der Waals surface area (Å²) < 4.78 is 5.95. The summed E-state index contributed by atoms with van der Waals surface area (Å²) in [7, 11) is 0. The Kier molecular flexibility index (Phi) is 4.75. The molecule has 25 heavy (non-hydrogen) atoms. The number of hydrogen-bond acceptors (Lipinski definition) is 2. The first kappa shape index (κ1) is 17.0. The standard InChI is InChI=1S/C22H23NO2/c1-14-12-15(2)21(16(3)13-14)23-22(24)17(4)25-20-11-7-9-18-8-5-6-10-19(18)20/h5-13,17H,1-4H3,(H,23,24)/t17-/m1/s1. The Morgan fingerprint density at radius 1 is 0.960 bits per heavy atom. The Morgan fingerprint density at radius 2 is 1.60 bits per heavy atom. The van der Waals surface area contributed by atoms with E-state index in [1.165, 1.54) is 5.56 Å². The number of nitrogens with one attached hydrogen (secondary N) is 1. The number of anilines is 1. The van der Waals surface area contributed by atoms with Gasteiger partial charge in [0.15, 0.2) is 6.10 Å². The van der Waals surface area contributed by atoms with Crippen LogP contribution in [-0.4, -0.2) is 12.0 Å². The number of aryl methyl sites for hydroxylation is 3. The molecule has 128 valence electrons. The number of carbonyl (C=O) groups is 1. The highest BCUT2D eigenvalue weighted by molar-refractivity contribution is 5.96. The van der Waals surface area contributed by atoms with Gasteiger partial charge in [-0.05, 0) is 50.3 Å². The summed E-state index contributed by atoms with van der Waals surface area (Å²) in [6, 6.07) is 18.0. The summed E-state index contributed by atoms with van der Waals surface area (Å²) in [5.41, 5.74) is 4.17. The maximum Gasteiger partial charge on any atom is 0.265 e. The van der Waals surface area contributed by atoms with Crippen molar-refractivity contribution in [3.8, 4) is 5.75 Å². The van der Waals surface area contributed by atoms with Crippen LogP contribution < -0.4 is 10.1 Å². The maximum atomic E-state index is 12.6. The molecule has 3 aromatic carbocycles. The molecule has 3 heteroatoms. The third-order valence-corrected chi connectivity index (χ3v) is 4.35. The van der Waals surface area contributed by atoms with Crippen LogP contribution in [0.2, 0.25) is 0 Å². The number of fused-ring (bicyclic) bond motifs is 1. The lowest BCUT2D eigenvalue weighted by Crippen LogP contribution is -2.30. The van der Waals surface area contributed by atoms with Gasteiger partial charge in [-0.3, -0.25) is 4.79 Å². The number of hydrogen-bond donors (Lipinski definition) is 1. The smallest absolute Gasteiger partial charge is 0.265 e.